The highest BCUT2D eigenvalue weighted by molar-refractivity contribution is 5.92. The molecule has 1 saturated heterocycles. The number of carbonyl (C=O) groups is 1. The van der Waals surface area contributed by atoms with Crippen LogP contribution in [0.3, 0.4) is 0 Å². The zero-order chi connectivity index (χ0) is 20.1. The Bertz CT molecular complexity index is 931. The Kier molecular flexibility index (Phi) is 5.90. The van der Waals surface area contributed by atoms with Crippen LogP contribution in [0.15, 0.2) is 12.1 Å². The summed E-state index contributed by atoms with van der Waals surface area (Å²) in [7, 11) is 0. The number of hydrogen-bond donors (Lipinski definition) is 1. The van der Waals surface area contributed by atoms with E-state index >= 15 is 0 Å². The number of benzene rings is 1. The van der Waals surface area contributed by atoms with Crippen molar-refractivity contribution in [1.82, 2.24) is 0 Å². The van der Waals surface area contributed by atoms with Gasteiger partial charge < -0.3 is 21.0 Å². The second kappa shape index (κ2) is 7.55. The van der Waals surface area contributed by atoms with Gasteiger partial charge >= 0.3 is 17.6 Å². The fourth-order valence-corrected chi connectivity index (χ4v) is 3.24. The third kappa shape index (κ3) is 3.63. The van der Waals surface area contributed by atoms with Crippen LogP contribution in [0, 0.1) is 16.2 Å². The first-order chi connectivity index (χ1) is 12.5. The number of alkyl halides is 3. The van der Waals surface area contributed by atoms with Gasteiger partial charge in [0.2, 0.25) is 5.78 Å². The molecule has 0 aliphatic carbocycles. The lowest BCUT2D eigenvalue weighted by molar-refractivity contribution is -0.647. The third-order valence-electron chi connectivity index (χ3n) is 4.59. The zero-order valence-electron chi connectivity index (χ0n) is 14.6. The smallest absolute Gasteiger partial charge is 0.486 e. The first kappa shape index (κ1) is 21.9. The summed E-state index contributed by atoms with van der Waals surface area (Å²) >= 11 is 0. The third-order valence-corrected chi connectivity index (χ3v) is 4.59. The van der Waals surface area contributed by atoms with E-state index in [0.717, 1.165) is 13.0 Å². The van der Waals surface area contributed by atoms with Gasteiger partial charge in [-0.3, -0.25) is 4.79 Å². The van der Waals surface area contributed by atoms with Crippen LogP contribution in [0.2, 0.25) is 0 Å². The van der Waals surface area contributed by atoms with E-state index in [2.05, 4.69) is 0 Å². The van der Waals surface area contributed by atoms with Crippen molar-refractivity contribution in [3.63, 3.8) is 0 Å². The highest BCUT2D eigenvalue weighted by Crippen LogP contribution is 2.31. The molecule has 0 bridgehead atoms. The van der Waals surface area contributed by atoms with Gasteiger partial charge in [-0.25, -0.2) is 4.39 Å². The van der Waals surface area contributed by atoms with Crippen molar-refractivity contribution in [2.75, 3.05) is 18.0 Å². The summed E-state index contributed by atoms with van der Waals surface area (Å²) in [6.07, 6.45) is -4.14. The molecule has 154 valence electrons. The maximum absolute atomic E-state index is 14.5. The van der Waals surface area contributed by atoms with Crippen molar-refractivity contribution in [3.8, 4) is 0 Å². The van der Waals surface area contributed by atoms with Crippen LogP contribution in [-0.2, 0) is 6.18 Å². The predicted octanol–water partition coefficient (Wildman–Crippen LogP) is 1.82. The number of carbonyl (C=O) groups excluding carboxylic acids is 1. The Morgan fingerprint density at radius 3 is 2.21 bits per heavy atom. The number of fused-ring (bicyclic) bond motifs is 1. The first-order valence-corrected chi connectivity index (χ1v) is 8.13. The van der Waals surface area contributed by atoms with Gasteiger partial charge in [-0.2, -0.15) is 17.9 Å². The molecule has 0 spiro atoms. The largest absolute Gasteiger partial charge is 0.618 e. The van der Waals surface area contributed by atoms with E-state index in [0.29, 0.717) is 32.0 Å². The number of halogens is 5. The average molecular weight is 425 g/mol. The van der Waals surface area contributed by atoms with E-state index in [4.69, 9.17) is 5.73 Å². The zero-order valence-corrected chi connectivity index (χ0v) is 15.4. The lowest BCUT2D eigenvalue weighted by Crippen LogP contribution is -2.50. The Hall–Kier alpha value is -2.40. The summed E-state index contributed by atoms with van der Waals surface area (Å²) in [4.78, 5) is 13.1. The molecule has 2 N–H and O–H groups in total. The SMILES string of the molecule is CC(=O)c1c(C(F)(F)F)[n+]([O-])c2cc(N3CCC(N)CC3)c(F)cc2[n+]1[O-].Cl. The van der Waals surface area contributed by atoms with Crippen LogP contribution in [0.25, 0.3) is 11.0 Å². The summed E-state index contributed by atoms with van der Waals surface area (Å²) < 4.78 is 53.7. The molecule has 2 aromatic rings. The second-order valence-corrected chi connectivity index (χ2v) is 6.46. The maximum atomic E-state index is 14.5. The Balaban J connectivity index is 0.00000280. The number of hydrogen-bond acceptors (Lipinski definition) is 5. The molecule has 2 heterocycles. The lowest BCUT2D eigenvalue weighted by Gasteiger charge is -2.32. The number of ketones is 1. The van der Waals surface area contributed by atoms with E-state index in [9.17, 15) is 32.8 Å². The quantitative estimate of drug-likeness (QED) is 0.343. The molecule has 12 heteroatoms. The van der Waals surface area contributed by atoms with Crippen molar-refractivity contribution < 1.29 is 31.8 Å². The molecule has 7 nitrogen and oxygen atoms in total. The van der Waals surface area contributed by atoms with Crippen molar-refractivity contribution >= 4 is 34.9 Å². The molecular weight excluding hydrogens is 408 g/mol. The molecule has 1 fully saturated rings. The minimum Gasteiger partial charge on any atom is -0.618 e. The maximum Gasteiger partial charge on any atom is 0.486 e. The lowest BCUT2D eigenvalue weighted by atomic mass is 10.0. The number of anilines is 1. The van der Waals surface area contributed by atoms with E-state index in [1.807, 2.05) is 0 Å². The van der Waals surface area contributed by atoms with Crippen molar-refractivity contribution in [2.45, 2.75) is 32.0 Å². The molecular formula is C16H17ClF4N4O3. The Labute approximate surface area is 162 Å². The van der Waals surface area contributed by atoms with E-state index in [1.54, 1.807) is 4.90 Å². The molecule has 0 unspecified atom stereocenters. The molecule has 0 saturated carbocycles. The Morgan fingerprint density at radius 1 is 1.18 bits per heavy atom. The standard InChI is InChI=1S/C16H16F4N4O3.ClH/c1-8(25)14-15(16(18,19)20)24(27)13-7-11(10(17)6-12(13)23(14)26)22-4-2-9(21)3-5-22;/h6-7,9H,2-5,21H2,1H3;1H. The number of aromatic nitrogens is 2. The predicted molar refractivity (Wildman–Crippen MR) is 93.5 cm³/mol. The van der Waals surface area contributed by atoms with E-state index in [-0.39, 0.29) is 28.9 Å². The molecule has 3 rings (SSSR count). The minimum atomic E-state index is -5.24. The molecule has 1 aromatic heterocycles. The molecule has 1 aromatic carbocycles. The highest BCUT2D eigenvalue weighted by atomic mass is 35.5. The van der Waals surface area contributed by atoms with E-state index in [1.165, 1.54) is 0 Å². The summed E-state index contributed by atoms with van der Waals surface area (Å²) in [6.45, 7) is 1.45. The Morgan fingerprint density at radius 2 is 1.71 bits per heavy atom. The molecule has 0 radical (unpaired) electrons. The minimum absolute atomic E-state index is 0. The molecule has 1 aliphatic rings. The number of piperidine rings is 1. The fraction of sp³-hybridized carbons (Fsp3) is 0.438. The van der Waals surface area contributed by atoms with Gasteiger partial charge in [0, 0.05) is 32.1 Å². The van der Waals surface area contributed by atoms with Gasteiger partial charge in [0.05, 0.1) is 11.8 Å². The van der Waals surface area contributed by atoms with Gasteiger partial charge in [0.25, 0.3) is 11.0 Å². The fourth-order valence-electron chi connectivity index (χ4n) is 3.24. The van der Waals surface area contributed by atoms with Crippen LogP contribution in [0.5, 0.6) is 0 Å². The van der Waals surface area contributed by atoms with Crippen LogP contribution in [0.1, 0.15) is 35.9 Å². The second-order valence-electron chi connectivity index (χ2n) is 6.46. The van der Waals surface area contributed by atoms with Crippen LogP contribution in [0.4, 0.5) is 23.2 Å². The summed E-state index contributed by atoms with van der Waals surface area (Å²) in [5, 5.41) is 24.7. The van der Waals surface area contributed by atoms with Gasteiger partial charge in [-0.15, -0.1) is 17.1 Å². The number of nitrogens with two attached hydrogens (primary N) is 1. The van der Waals surface area contributed by atoms with Crippen molar-refractivity contribution in [1.29, 1.82) is 0 Å². The normalized spacial score (nSPS) is 15.6. The monoisotopic (exact) mass is 424 g/mol. The van der Waals surface area contributed by atoms with Gasteiger partial charge in [0.15, 0.2) is 5.82 Å². The number of Topliss-reactive ketones (excluding diaryl/α,β-unsaturated/α-hetero) is 1. The summed E-state index contributed by atoms with van der Waals surface area (Å²) in [5.41, 5.74) is 1.07. The van der Waals surface area contributed by atoms with Crippen LogP contribution in [-0.4, -0.2) is 24.9 Å². The van der Waals surface area contributed by atoms with E-state index < -0.39 is 44.9 Å². The summed E-state index contributed by atoms with van der Waals surface area (Å²) in [5.74, 6) is -2.13. The molecule has 0 atom stereocenters. The highest BCUT2D eigenvalue weighted by Gasteiger charge is 2.50. The summed E-state index contributed by atoms with van der Waals surface area (Å²) in [6, 6.07) is 1.52. The van der Waals surface area contributed by atoms with Gasteiger partial charge in [-0.05, 0) is 12.8 Å². The van der Waals surface area contributed by atoms with Crippen LogP contribution >= 0.6 is 12.4 Å². The molecule has 1 aliphatic heterocycles. The van der Waals surface area contributed by atoms with Crippen molar-refractivity contribution in [2.24, 2.45) is 5.73 Å². The topological polar surface area (TPSA) is 100 Å². The molecule has 28 heavy (non-hydrogen) atoms. The number of rotatable bonds is 2. The van der Waals surface area contributed by atoms with Crippen molar-refractivity contribution in [3.05, 3.63) is 39.8 Å². The first-order valence-electron chi connectivity index (χ1n) is 8.13. The van der Waals surface area contributed by atoms with Crippen LogP contribution < -0.4 is 20.1 Å². The number of nitrogens with zero attached hydrogens (tertiary/aromatic N) is 3. The average Bonchev–Trinajstić information content (AvgIpc) is 2.57. The van der Waals surface area contributed by atoms with Gasteiger partial charge in [-0.1, -0.05) is 0 Å². The molecule has 0 amide bonds. The van der Waals surface area contributed by atoms with Gasteiger partial charge in [0.1, 0.15) is 0 Å².